The predicted molar refractivity (Wildman–Crippen MR) is 49.4 cm³/mol. The van der Waals surface area contributed by atoms with Gasteiger partial charge in [-0.25, -0.2) is 13.6 Å². The Morgan fingerprint density at radius 2 is 2.17 bits per heavy atom. The third kappa shape index (κ3) is 1.82. The number of sulfonamides is 1. The maximum Gasteiger partial charge on any atom is 0.232 e. The van der Waals surface area contributed by atoms with Gasteiger partial charge in [0.15, 0.2) is 4.21 Å². The van der Waals surface area contributed by atoms with Crippen molar-refractivity contribution in [3.8, 4) is 0 Å². The van der Waals surface area contributed by atoms with Gasteiger partial charge in [0.1, 0.15) is 0 Å². The van der Waals surface area contributed by atoms with E-state index in [-0.39, 0.29) is 6.42 Å². The van der Waals surface area contributed by atoms with Crippen LogP contribution in [-0.4, -0.2) is 12.6 Å². The average Bonchev–Trinajstić information content (AvgIpc) is 1.93. The van der Waals surface area contributed by atoms with Crippen molar-refractivity contribution in [3.05, 3.63) is 23.3 Å². The van der Waals surface area contributed by atoms with Crippen molar-refractivity contribution < 1.29 is 8.42 Å². The van der Waals surface area contributed by atoms with E-state index in [1.165, 1.54) is 18.2 Å². The Morgan fingerprint density at radius 1 is 1.58 bits per heavy atom. The van der Waals surface area contributed by atoms with Crippen LogP contribution in [0.15, 0.2) is 23.3 Å². The molecule has 0 heterocycles. The summed E-state index contributed by atoms with van der Waals surface area (Å²) in [6.07, 6.45) is 4.32. The van der Waals surface area contributed by atoms with Crippen molar-refractivity contribution in [2.45, 2.75) is 10.6 Å². The van der Waals surface area contributed by atoms with Gasteiger partial charge < -0.3 is 0 Å². The summed E-state index contributed by atoms with van der Waals surface area (Å²) in [6.45, 7) is 0. The predicted octanol–water partition coefficient (Wildman–Crippen LogP) is 1.29. The number of allylic oxidation sites excluding steroid dienone is 3. The van der Waals surface area contributed by atoms with E-state index in [9.17, 15) is 8.42 Å². The van der Waals surface area contributed by atoms with E-state index in [2.05, 4.69) is 0 Å². The molecule has 0 aliphatic heterocycles. The van der Waals surface area contributed by atoms with Gasteiger partial charge in [-0.1, -0.05) is 29.3 Å². The Hall–Kier alpha value is -0.0300. The monoisotopic (exact) mass is 227 g/mol. The van der Waals surface area contributed by atoms with E-state index in [1.54, 1.807) is 0 Å². The lowest BCUT2D eigenvalue weighted by Crippen LogP contribution is -2.36. The highest BCUT2D eigenvalue weighted by atomic mass is 35.5. The van der Waals surface area contributed by atoms with Crippen LogP contribution in [0.2, 0.25) is 0 Å². The number of halogens is 2. The molecule has 0 amide bonds. The maximum atomic E-state index is 10.9. The van der Waals surface area contributed by atoms with Crippen LogP contribution in [-0.2, 0) is 10.0 Å². The Balaban J connectivity index is 3.02. The van der Waals surface area contributed by atoms with Gasteiger partial charge >= 0.3 is 0 Å². The molecule has 0 aromatic heterocycles. The van der Waals surface area contributed by atoms with E-state index in [4.69, 9.17) is 28.3 Å². The van der Waals surface area contributed by atoms with E-state index in [1.807, 2.05) is 0 Å². The zero-order chi connectivity index (χ0) is 9.41. The van der Waals surface area contributed by atoms with Crippen LogP contribution >= 0.6 is 23.2 Å². The van der Waals surface area contributed by atoms with E-state index < -0.39 is 14.2 Å². The first-order chi connectivity index (χ1) is 5.35. The highest BCUT2D eigenvalue weighted by Gasteiger charge is 2.37. The Morgan fingerprint density at radius 3 is 2.50 bits per heavy atom. The first-order valence-corrected chi connectivity index (χ1v) is 5.41. The van der Waals surface area contributed by atoms with Crippen LogP contribution in [0.1, 0.15) is 6.42 Å². The lowest BCUT2D eigenvalue weighted by molar-refractivity contribution is 0.583. The van der Waals surface area contributed by atoms with Crippen molar-refractivity contribution in [2.75, 3.05) is 0 Å². The molecule has 2 N–H and O–H groups in total. The van der Waals surface area contributed by atoms with Crippen molar-refractivity contribution in [1.82, 2.24) is 0 Å². The van der Waals surface area contributed by atoms with Gasteiger partial charge in [-0.05, 0) is 12.2 Å². The molecular formula is C6H7Cl2NO2S. The zero-order valence-electron chi connectivity index (χ0n) is 6.00. The molecule has 68 valence electrons. The molecule has 1 unspecified atom stereocenters. The molecule has 6 heteroatoms. The first kappa shape index (κ1) is 10.1. The lowest BCUT2D eigenvalue weighted by atomic mass is 10.2. The SMILES string of the molecule is NS(=O)(=O)C1(Cl)C=CC(Cl)=CC1. The largest absolute Gasteiger partial charge is 0.232 e. The number of nitrogens with two attached hydrogens (primary N) is 1. The summed E-state index contributed by atoms with van der Waals surface area (Å²) >= 11 is 11.3. The molecule has 0 fully saturated rings. The lowest BCUT2D eigenvalue weighted by Gasteiger charge is -2.21. The Kier molecular flexibility index (Phi) is 2.54. The first-order valence-electron chi connectivity index (χ1n) is 3.11. The number of primary sulfonamides is 1. The second-order valence-electron chi connectivity index (χ2n) is 2.46. The number of alkyl halides is 1. The quantitative estimate of drug-likeness (QED) is 0.687. The smallest absolute Gasteiger partial charge is 0.227 e. The topological polar surface area (TPSA) is 60.2 Å². The molecule has 1 rings (SSSR count). The summed E-state index contributed by atoms with van der Waals surface area (Å²) in [5.41, 5.74) is 0. The molecule has 0 aromatic carbocycles. The number of rotatable bonds is 1. The minimum atomic E-state index is -3.77. The third-order valence-corrected chi connectivity index (χ3v) is 3.99. The summed E-state index contributed by atoms with van der Waals surface area (Å²) in [5.74, 6) is 0. The second-order valence-corrected chi connectivity index (χ2v) is 5.61. The Labute approximate surface area is 80.9 Å². The van der Waals surface area contributed by atoms with Gasteiger partial charge in [0, 0.05) is 11.5 Å². The summed E-state index contributed by atoms with van der Waals surface area (Å²) < 4.78 is 20.4. The molecule has 3 nitrogen and oxygen atoms in total. The molecule has 0 radical (unpaired) electrons. The van der Waals surface area contributed by atoms with Gasteiger partial charge in [0.05, 0.1) is 0 Å². The molecular weight excluding hydrogens is 221 g/mol. The highest BCUT2D eigenvalue weighted by molar-refractivity contribution is 7.92. The number of hydrogen-bond acceptors (Lipinski definition) is 2. The Bertz CT molecular complexity index is 347. The summed E-state index contributed by atoms with van der Waals surface area (Å²) in [7, 11) is -3.77. The minimum absolute atomic E-state index is 0.0999. The molecule has 0 saturated heterocycles. The normalized spacial score (nSPS) is 30.1. The van der Waals surface area contributed by atoms with Crippen LogP contribution in [0, 0.1) is 0 Å². The molecule has 1 aliphatic rings. The maximum absolute atomic E-state index is 10.9. The molecule has 0 aromatic rings. The van der Waals surface area contributed by atoms with Crippen LogP contribution in [0.4, 0.5) is 0 Å². The van der Waals surface area contributed by atoms with Crippen LogP contribution < -0.4 is 5.14 Å². The van der Waals surface area contributed by atoms with E-state index in [0.29, 0.717) is 5.03 Å². The van der Waals surface area contributed by atoms with Crippen molar-refractivity contribution in [1.29, 1.82) is 0 Å². The molecule has 0 bridgehead atoms. The van der Waals surface area contributed by atoms with Crippen molar-refractivity contribution in [2.24, 2.45) is 5.14 Å². The summed E-state index contributed by atoms with van der Waals surface area (Å²) in [4.78, 5) is 0. The third-order valence-electron chi connectivity index (χ3n) is 1.54. The molecule has 1 atom stereocenters. The van der Waals surface area contributed by atoms with Crippen LogP contribution in [0.25, 0.3) is 0 Å². The van der Waals surface area contributed by atoms with Gasteiger partial charge in [-0.2, -0.15) is 0 Å². The van der Waals surface area contributed by atoms with Crippen molar-refractivity contribution in [3.63, 3.8) is 0 Å². The van der Waals surface area contributed by atoms with Crippen molar-refractivity contribution >= 4 is 33.2 Å². The van der Waals surface area contributed by atoms with Gasteiger partial charge in [0.25, 0.3) is 0 Å². The highest BCUT2D eigenvalue weighted by Crippen LogP contribution is 2.32. The van der Waals surface area contributed by atoms with Crippen LogP contribution in [0.3, 0.4) is 0 Å². The standard InChI is InChI=1S/C6H7Cl2NO2S/c7-5-1-3-6(8,4-2-5)12(9,10)11/h1-3H,4H2,(H2,9,10,11). The minimum Gasteiger partial charge on any atom is -0.227 e. The molecule has 0 saturated carbocycles. The van der Waals surface area contributed by atoms with Gasteiger partial charge in [-0.15, -0.1) is 0 Å². The molecule has 0 spiro atoms. The van der Waals surface area contributed by atoms with Crippen LogP contribution in [0.5, 0.6) is 0 Å². The average molecular weight is 228 g/mol. The van der Waals surface area contributed by atoms with Gasteiger partial charge in [-0.3, -0.25) is 0 Å². The molecule has 1 aliphatic carbocycles. The van der Waals surface area contributed by atoms with Gasteiger partial charge in [0.2, 0.25) is 10.0 Å². The second kappa shape index (κ2) is 3.03. The summed E-state index contributed by atoms with van der Waals surface area (Å²) in [5, 5.41) is 5.37. The fourth-order valence-electron chi connectivity index (χ4n) is 0.788. The number of hydrogen-bond donors (Lipinski definition) is 1. The summed E-state index contributed by atoms with van der Waals surface area (Å²) in [6, 6.07) is 0. The van der Waals surface area contributed by atoms with E-state index in [0.717, 1.165) is 0 Å². The van der Waals surface area contributed by atoms with E-state index >= 15 is 0 Å². The zero-order valence-corrected chi connectivity index (χ0v) is 8.33. The fraction of sp³-hybridized carbons (Fsp3) is 0.333. The molecule has 12 heavy (non-hydrogen) atoms. The fourth-order valence-corrected chi connectivity index (χ4v) is 1.64.